The van der Waals surface area contributed by atoms with Crippen molar-refractivity contribution in [2.24, 2.45) is 24.8 Å². The average Bonchev–Trinajstić information content (AvgIpc) is 4.03. The smallest absolute Gasteiger partial charge is 0.284 e. The van der Waals surface area contributed by atoms with Gasteiger partial charge in [0.15, 0.2) is 11.3 Å². The fraction of sp³-hybridized carbons (Fsp3) is 0.562. The van der Waals surface area contributed by atoms with Gasteiger partial charge in [0.2, 0.25) is 11.8 Å². The van der Waals surface area contributed by atoms with Crippen LogP contribution in [0.4, 0.5) is 24.7 Å². The molecule has 5 aliphatic rings. The Hall–Kier alpha value is -5.84. The number of carbonyl (C=O) groups is 3. The number of halogens is 3. The van der Waals surface area contributed by atoms with Gasteiger partial charge in [-0.1, -0.05) is 24.0 Å². The minimum Gasteiger partial charge on any atom is -0.362 e. The van der Waals surface area contributed by atoms with E-state index >= 15 is 4.39 Å². The first kappa shape index (κ1) is 45.0. The summed E-state index contributed by atoms with van der Waals surface area (Å²) in [6.45, 7) is 5.85. The van der Waals surface area contributed by atoms with E-state index in [1.807, 2.05) is 24.3 Å². The summed E-state index contributed by atoms with van der Waals surface area (Å²) in [6, 6.07) is 7.42. The maximum atomic E-state index is 15.5. The third-order valence-corrected chi connectivity index (χ3v) is 14.8. The molecule has 8 heterocycles. The number of fused-ring (bicyclic) bond motifs is 2. The number of hydrogen-bond acceptors (Lipinski definition) is 11. The van der Waals surface area contributed by atoms with E-state index < -0.39 is 36.2 Å². The molecule has 354 valence electrons. The van der Waals surface area contributed by atoms with Gasteiger partial charge in [-0.25, -0.2) is 22.7 Å². The quantitative estimate of drug-likeness (QED) is 0.127. The molecule has 2 N–H and O–H groups in total. The number of aromatic nitrogens is 7. The highest BCUT2D eigenvalue weighted by atomic mass is 19.3. The molecule has 5 aromatic rings. The number of hydrogen-bond donors (Lipinski definition) is 2. The second-order valence-electron chi connectivity index (χ2n) is 19.2. The third kappa shape index (κ3) is 9.40. The minimum absolute atomic E-state index is 0.0298. The Labute approximate surface area is 386 Å². The van der Waals surface area contributed by atoms with E-state index in [1.165, 1.54) is 16.9 Å². The van der Waals surface area contributed by atoms with Crippen molar-refractivity contribution in [3.05, 3.63) is 65.4 Å². The molecule has 10 rings (SSSR count). The number of alkyl halides is 3. The molecule has 4 aliphatic heterocycles. The van der Waals surface area contributed by atoms with E-state index in [9.17, 15) is 23.2 Å². The summed E-state index contributed by atoms with van der Waals surface area (Å²) in [4.78, 5) is 49.5. The molecule has 1 aromatic carbocycles. The number of benzene rings is 1. The van der Waals surface area contributed by atoms with Crippen LogP contribution in [0, 0.1) is 29.6 Å². The molecule has 3 atom stereocenters. The van der Waals surface area contributed by atoms with E-state index in [2.05, 4.69) is 59.5 Å². The van der Waals surface area contributed by atoms with Crippen molar-refractivity contribution in [3.63, 3.8) is 0 Å². The van der Waals surface area contributed by atoms with E-state index in [0.717, 1.165) is 93.9 Å². The van der Waals surface area contributed by atoms with E-state index in [-0.39, 0.29) is 48.7 Å². The molecule has 16 nitrogen and oxygen atoms in total. The highest BCUT2D eigenvalue weighted by Gasteiger charge is 2.36. The molecular weight excluding hydrogens is 866 g/mol. The van der Waals surface area contributed by atoms with Crippen molar-refractivity contribution >= 4 is 45.8 Å². The van der Waals surface area contributed by atoms with Crippen molar-refractivity contribution in [1.82, 2.24) is 49.3 Å². The molecule has 0 radical (unpaired) electrons. The second kappa shape index (κ2) is 19.0. The Balaban J connectivity index is 0.696. The Morgan fingerprint density at radius 1 is 0.970 bits per heavy atom. The van der Waals surface area contributed by atoms with Crippen molar-refractivity contribution in [2.45, 2.75) is 88.4 Å². The number of likely N-dealkylation sites (tertiary alicyclic amines) is 2. The fourth-order valence-electron chi connectivity index (χ4n) is 11.1. The maximum Gasteiger partial charge on any atom is 0.284 e. The van der Waals surface area contributed by atoms with Crippen LogP contribution in [-0.2, 0) is 21.4 Å². The number of ether oxygens (including phenoxy) is 1. The van der Waals surface area contributed by atoms with Gasteiger partial charge in [-0.05, 0) is 88.3 Å². The topological polar surface area (TPSA) is 160 Å². The van der Waals surface area contributed by atoms with Crippen molar-refractivity contribution in [1.29, 1.82) is 0 Å². The molecule has 4 aromatic heterocycles. The van der Waals surface area contributed by atoms with Gasteiger partial charge in [-0.15, -0.1) is 0 Å². The normalized spacial score (nSPS) is 24.8. The van der Waals surface area contributed by atoms with Gasteiger partial charge in [0, 0.05) is 77.1 Å². The van der Waals surface area contributed by atoms with Gasteiger partial charge in [0.05, 0.1) is 46.7 Å². The monoisotopic (exact) mass is 922 g/mol. The van der Waals surface area contributed by atoms with E-state index in [0.29, 0.717) is 48.1 Å². The van der Waals surface area contributed by atoms with Gasteiger partial charge >= 0.3 is 0 Å². The van der Waals surface area contributed by atoms with Crippen LogP contribution in [0.2, 0.25) is 0 Å². The summed E-state index contributed by atoms with van der Waals surface area (Å²) in [6.07, 6.45) is 6.60. The highest BCUT2D eigenvalue weighted by molar-refractivity contribution is 6.08. The number of amides is 3. The predicted octanol–water partition coefficient (Wildman–Crippen LogP) is 5.51. The zero-order valence-corrected chi connectivity index (χ0v) is 37.9. The Kier molecular flexibility index (Phi) is 12.8. The number of nitrogens with zero attached hydrogens (tertiary/aromatic N) is 10. The first-order chi connectivity index (χ1) is 32.4. The van der Waals surface area contributed by atoms with Gasteiger partial charge in [-0.3, -0.25) is 34.0 Å². The largest absolute Gasteiger partial charge is 0.362 e. The van der Waals surface area contributed by atoms with Crippen molar-refractivity contribution in [3.8, 4) is 11.8 Å². The van der Waals surface area contributed by atoms with E-state index in [4.69, 9.17) is 9.72 Å². The summed E-state index contributed by atoms with van der Waals surface area (Å²) in [5, 5.41) is 19.1. The van der Waals surface area contributed by atoms with Gasteiger partial charge in [0.25, 0.3) is 12.3 Å². The molecule has 1 saturated carbocycles. The standard InChI is InChI=1S/C48H57F3N12O4/c1-58-25-32(26-58)30-14-19-61(20-15-30)40-17-21-62-46(54-40)36(23-52-62)48(66)53-38-28-63(57-43(38)45(50)51)33-10-8-29(9-11-33)24-60-18-16-39(37(49)27-60)67-22-4-6-31-5-3-7-34-42(56-59(2)44(31)34)35-12-13-41(64)55-47(35)65/h3,5,7,17,21,23,28-30,32-33,35,37,39,45H,8-16,18-20,22,24-27H2,1-2H3,(H,53,66)(H,55,64,65)/t29?,33?,35?,37-,39+/m0/s1. The molecule has 1 aliphatic carbocycles. The third-order valence-electron chi connectivity index (χ3n) is 14.8. The molecule has 19 heteroatoms. The molecule has 4 saturated heterocycles. The zero-order chi connectivity index (χ0) is 46.3. The summed E-state index contributed by atoms with van der Waals surface area (Å²) in [5.74, 6) is 7.05. The number of anilines is 2. The molecule has 67 heavy (non-hydrogen) atoms. The van der Waals surface area contributed by atoms with Crippen molar-refractivity contribution in [2.75, 3.05) is 69.7 Å². The van der Waals surface area contributed by atoms with Crippen LogP contribution in [-0.4, -0.2) is 133 Å². The lowest BCUT2D eigenvalue weighted by Crippen LogP contribution is -2.50. The summed E-state index contributed by atoms with van der Waals surface area (Å²) >= 11 is 0. The van der Waals surface area contributed by atoms with Crippen LogP contribution in [0.1, 0.15) is 103 Å². The minimum atomic E-state index is -2.89. The number of aryl methyl sites for hydroxylation is 1. The van der Waals surface area contributed by atoms with Gasteiger partial charge in [0.1, 0.15) is 24.2 Å². The zero-order valence-electron chi connectivity index (χ0n) is 37.9. The van der Waals surface area contributed by atoms with Crippen LogP contribution in [0.25, 0.3) is 16.6 Å². The lowest BCUT2D eigenvalue weighted by molar-refractivity contribution is -0.134. The number of para-hydroxylation sites is 1. The summed E-state index contributed by atoms with van der Waals surface area (Å²) in [7, 11) is 3.95. The van der Waals surface area contributed by atoms with Gasteiger partial charge < -0.3 is 19.9 Å². The molecule has 0 bridgehead atoms. The Morgan fingerprint density at radius 3 is 2.52 bits per heavy atom. The second-order valence-corrected chi connectivity index (χ2v) is 19.2. The summed E-state index contributed by atoms with van der Waals surface area (Å²) in [5.41, 5.74) is 2.17. The Morgan fingerprint density at radius 2 is 1.78 bits per heavy atom. The fourth-order valence-corrected chi connectivity index (χ4v) is 11.1. The van der Waals surface area contributed by atoms with Gasteiger partial charge in [-0.2, -0.15) is 15.3 Å². The first-order valence-electron chi connectivity index (χ1n) is 23.7. The van der Waals surface area contributed by atoms with Crippen LogP contribution in [0.15, 0.2) is 42.9 Å². The lowest BCUT2D eigenvalue weighted by atomic mass is 9.80. The highest BCUT2D eigenvalue weighted by Crippen LogP contribution is 2.37. The SMILES string of the molecule is CN1CC(C2CCN(c3ccn4ncc(C(=O)Nc5cn(C6CCC(CN7CC[C@@H](OCC#Cc8cccc9c(C%10CCC(=O)NC%10=O)nn(C)c89)[C@@H](F)C7)CC6)nc5C(F)F)c4n3)CC2)C1. The van der Waals surface area contributed by atoms with Crippen LogP contribution < -0.4 is 15.5 Å². The first-order valence-corrected chi connectivity index (χ1v) is 23.7. The van der Waals surface area contributed by atoms with Crippen LogP contribution >= 0.6 is 0 Å². The molecule has 0 spiro atoms. The molecule has 3 amide bonds. The number of imide groups is 1. The average molecular weight is 923 g/mol. The Bertz CT molecular complexity index is 2700. The van der Waals surface area contributed by atoms with E-state index in [1.54, 1.807) is 22.6 Å². The number of nitrogens with one attached hydrogen (secondary N) is 2. The van der Waals surface area contributed by atoms with Crippen LogP contribution in [0.3, 0.4) is 0 Å². The van der Waals surface area contributed by atoms with Crippen molar-refractivity contribution < 1.29 is 32.3 Å². The lowest BCUT2D eigenvalue weighted by Gasteiger charge is -2.44. The number of rotatable bonds is 11. The number of piperidine rings is 3. The summed E-state index contributed by atoms with van der Waals surface area (Å²) < 4.78 is 55.0. The molecule has 1 unspecified atom stereocenters. The number of carbonyl (C=O) groups excluding carboxylic acids is 3. The van der Waals surface area contributed by atoms with Crippen LogP contribution in [0.5, 0.6) is 0 Å². The molecule has 5 fully saturated rings. The maximum absolute atomic E-state index is 15.5. The predicted molar refractivity (Wildman–Crippen MR) is 243 cm³/mol. The molecular formula is C48H57F3N12O4.